The number of morpholine rings is 1. The highest BCUT2D eigenvalue weighted by molar-refractivity contribution is 7.89. The molecule has 0 aliphatic carbocycles. The second kappa shape index (κ2) is 10.6. The van der Waals surface area contributed by atoms with E-state index in [1.807, 2.05) is 35.2 Å². The van der Waals surface area contributed by atoms with Crippen molar-refractivity contribution in [2.45, 2.75) is 23.8 Å². The third-order valence-corrected chi connectivity index (χ3v) is 8.26. The first kappa shape index (κ1) is 24.3. The number of anilines is 1. The first-order chi connectivity index (χ1) is 16.4. The number of likely N-dealkylation sites (tertiary alicyclic amines) is 1. The number of ether oxygens (including phenoxy) is 1. The number of nitrogens with zero attached hydrogens (tertiary/aromatic N) is 2. The van der Waals surface area contributed by atoms with Crippen LogP contribution < -0.4 is 11.1 Å². The molecule has 0 bridgehead atoms. The van der Waals surface area contributed by atoms with Gasteiger partial charge >= 0.3 is 0 Å². The molecule has 0 aromatic heterocycles. The summed E-state index contributed by atoms with van der Waals surface area (Å²) in [7, 11) is -3.68. The van der Waals surface area contributed by atoms with Crippen LogP contribution in [0.2, 0.25) is 0 Å². The first-order valence-electron chi connectivity index (χ1n) is 11.4. The van der Waals surface area contributed by atoms with Gasteiger partial charge in [0.15, 0.2) is 0 Å². The lowest BCUT2D eigenvalue weighted by Crippen LogP contribution is -2.44. The van der Waals surface area contributed by atoms with Crippen molar-refractivity contribution in [2.75, 3.05) is 44.7 Å². The molecule has 4 rings (SSSR count). The minimum atomic E-state index is -3.68. The molecular formula is C24H30N4O5S. The van der Waals surface area contributed by atoms with Crippen LogP contribution in [-0.4, -0.2) is 68.8 Å². The fourth-order valence-corrected chi connectivity index (χ4v) is 5.94. The average Bonchev–Trinajstić information content (AvgIpc) is 2.86. The molecular weight excluding hydrogens is 456 g/mol. The van der Waals surface area contributed by atoms with Gasteiger partial charge < -0.3 is 15.8 Å². The SMILES string of the molecule is NC(=O)C1CCN(C(C(=O)Nc2cccc(S(=O)(=O)N3CCOCC3)c2)c2ccccc2)CC1. The Morgan fingerprint density at radius 3 is 2.29 bits per heavy atom. The van der Waals surface area contributed by atoms with E-state index in [4.69, 9.17) is 10.5 Å². The number of primary amides is 1. The Balaban J connectivity index is 1.54. The second-order valence-corrected chi connectivity index (χ2v) is 10.5. The molecule has 0 saturated carbocycles. The number of nitrogens with one attached hydrogen (secondary N) is 1. The summed E-state index contributed by atoms with van der Waals surface area (Å²) in [4.78, 5) is 27.2. The quantitative estimate of drug-likeness (QED) is 0.613. The molecule has 10 heteroatoms. The highest BCUT2D eigenvalue weighted by atomic mass is 32.2. The maximum absolute atomic E-state index is 13.5. The summed E-state index contributed by atoms with van der Waals surface area (Å²) < 4.78 is 32.7. The molecule has 2 heterocycles. The fraction of sp³-hybridized carbons (Fsp3) is 0.417. The summed E-state index contributed by atoms with van der Waals surface area (Å²) in [6.45, 7) is 2.45. The zero-order chi connectivity index (χ0) is 24.1. The van der Waals surface area contributed by atoms with Gasteiger partial charge in [0.25, 0.3) is 0 Å². The van der Waals surface area contributed by atoms with Crippen LogP contribution in [0.1, 0.15) is 24.4 Å². The Kier molecular flexibility index (Phi) is 7.62. The van der Waals surface area contributed by atoms with Crippen LogP contribution >= 0.6 is 0 Å². The molecule has 2 saturated heterocycles. The number of piperidine rings is 1. The Bertz CT molecular complexity index is 1110. The number of rotatable bonds is 7. The Morgan fingerprint density at radius 2 is 1.65 bits per heavy atom. The predicted molar refractivity (Wildman–Crippen MR) is 127 cm³/mol. The van der Waals surface area contributed by atoms with E-state index in [1.54, 1.807) is 12.1 Å². The van der Waals surface area contributed by atoms with Crippen LogP contribution in [0, 0.1) is 5.92 Å². The van der Waals surface area contributed by atoms with Gasteiger partial charge in [-0.25, -0.2) is 8.42 Å². The van der Waals surface area contributed by atoms with Gasteiger partial charge in [-0.3, -0.25) is 14.5 Å². The van der Waals surface area contributed by atoms with Gasteiger partial charge in [-0.1, -0.05) is 36.4 Å². The van der Waals surface area contributed by atoms with Crippen molar-refractivity contribution in [3.8, 4) is 0 Å². The zero-order valence-corrected chi connectivity index (χ0v) is 19.7. The topological polar surface area (TPSA) is 122 Å². The van der Waals surface area contributed by atoms with E-state index in [2.05, 4.69) is 5.32 Å². The highest BCUT2D eigenvalue weighted by Crippen LogP contribution is 2.29. The molecule has 182 valence electrons. The van der Waals surface area contributed by atoms with Crippen molar-refractivity contribution in [3.05, 3.63) is 60.2 Å². The van der Waals surface area contributed by atoms with Gasteiger partial charge in [0.2, 0.25) is 21.8 Å². The molecule has 0 spiro atoms. The number of amides is 2. The Morgan fingerprint density at radius 1 is 0.971 bits per heavy atom. The Labute approximate surface area is 199 Å². The minimum absolute atomic E-state index is 0.130. The van der Waals surface area contributed by atoms with Crippen molar-refractivity contribution in [1.29, 1.82) is 0 Å². The maximum Gasteiger partial charge on any atom is 0.246 e. The third-order valence-electron chi connectivity index (χ3n) is 6.37. The van der Waals surface area contributed by atoms with E-state index in [0.29, 0.717) is 57.9 Å². The molecule has 1 atom stereocenters. The number of carbonyl (C=O) groups excluding carboxylic acids is 2. The van der Waals surface area contributed by atoms with Gasteiger partial charge in [0.05, 0.1) is 18.1 Å². The van der Waals surface area contributed by atoms with Crippen LogP contribution in [0.5, 0.6) is 0 Å². The van der Waals surface area contributed by atoms with Crippen molar-refractivity contribution in [3.63, 3.8) is 0 Å². The van der Waals surface area contributed by atoms with E-state index >= 15 is 0 Å². The largest absolute Gasteiger partial charge is 0.379 e. The molecule has 1 unspecified atom stereocenters. The van der Waals surface area contributed by atoms with Gasteiger partial charge in [0.1, 0.15) is 6.04 Å². The lowest BCUT2D eigenvalue weighted by molar-refractivity contribution is -0.125. The van der Waals surface area contributed by atoms with Crippen LogP contribution in [0.4, 0.5) is 5.69 Å². The summed E-state index contributed by atoms with van der Waals surface area (Å²) >= 11 is 0. The molecule has 2 aliphatic rings. The smallest absolute Gasteiger partial charge is 0.246 e. The van der Waals surface area contributed by atoms with Crippen molar-refractivity contribution in [1.82, 2.24) is 9.21 Å². The Hall–Kier alpha value is -2.79. The monoisotopic (exact) mass is 486 g/mol. The van der Waals surface area contributed by atoms with Crippen molar-refractivity contribution >= 4 is 27.5 Å². The summed E-state index contributed by atoms with van der Waals surface area (Å²) in [6, 6.07) is 15.2. The summed E-state index contributed by atoms with van der Waals surface area (Å²) in [5.74, 6) is -0.749. The maximum atomic E-state index is 13.5. The van der Waals surface area contributed by atoms with Gasteiger partial charge in [-0.15, -0.1) is 0 Å². The van der Waals surface area contributed by atoms with Crippen LogP contribution in [-0.2, 0) is 24.3 Å². The number of carbonyl (C=O) groups is 2. The molecule has 2 aromatic carbocycles. The molecule has 2 fully saturated rings. The molecule has 34 heavy (non-hydrogen) atoms. The van der Waals surface area contributed by atoms with Crippen molar-refractivity contribution < 1.29 is 22.7 Å². The molecule has 3 N–H and O–H groups in total. The number of nitrogens with two attached hydrogens (primary N) is 1. The minimum Gasteiger partial charge on any atom is -0.379 e. The number of hydrogen-bond donors (Lipinski definition) is 2. The number of hydrogen-bond acceptors (Lipinski definition) is 6. The summed E-state index contributed by atoms with van der Waals surface area (Å²) in [6.07, 6.45) is 1.19. The third kappa shape index (κ3) is 5.47. The lowest BCUT2D eigenvalue weighted by atomic mass is 9.93. The van der Waals surface area contributed by atoms with E-state index in [1.165, 1.54) is 16.4 Å². The second-order valence-electron chi connectivity index (χ2n) is 8.56. The number of benzene rings is 2. The normalized spacial score (nSPS) is 19.4. The van der Waals surface area contributed by atoms with E-state index in [9.17, 15) is 18.0 Å². The highest BCUT2D eigenvalue weighted by Gasteiger charge is 2.33. The van der Waals surface area contributed by atoms with Crippen LogP contribution in [0.3, 0.4) is 0 Å². The predicted octanol–water partition coefficient (Wildman–Crippen LogP) is 1.58. The van der Waals surface area contributed by atoms with E-state index in [0.717, 1.165) is 5.56 Å². The lowest BCUT2D eigenvalue weighted by Gasteiger charge is -2.36. The van der Waals surface area contributed by atoms with Gasteiger partial charge in [-0.05, 0) is 49.7 Å². The molecule has 2 aromatic rings. The average molecular weight is 487 g/mol. The molecule has 2 aliphatic heterocycles. The fourth-order valence-electron chi connectivity index (χ4n) is 4.49. The van der Waals surface area contributed by atoms with Crippen molar-refractivity contribution in [2.24, 2.45) is 11.7 Å². The van der Waals surface area contributed by atoms with Crippen LogP contribution in [0.15, 0.2) is 59.5 Å². The molecule has 2 amide bonds. The summed E-state index contributed by atoms with van der Waals surface area (Å²) in [5.41, 5.74) is 6.71. The van der Waals surface area contributed by atoms with Gasteiger partial charge in [-0.2, -0.15) is 4.31 Å². The molecule has 0 radical (unpaired) electrons. The molecule has 9 nitrogen and oxygen atoms in total. The first-order valence-corrected chi connectivity index (χ1v) is 12.9. The van der Waals surface area contributed by atoms with Crippen LogP contribution in [0.25, 0.3) is 0 Å². The number of sulfonamides is 1. The van der Waals surface area contributed by atoms with E-state index < -0.39 is 16.1 Å². The zero-order valence-electron chi connectivity index (χ0n) is 18.9. The van der Waals surface area contributed by atoms with Gasteiger partial charge in [0, 0.05) is 24.7 Å². The summed E-state index contributed by atoms with van der Waals surface area (Å²) in [5, 5.41) is 2.91. The standard InChI is InChI=1S/C24H30N4O5S/c25-23(29)19-9-11-27(12-10-19)22(18-5-2-1-3-6-18)24(30)26-20-7-4-8-21(17-20)34(31,32)28-13-15-33-16-14-28/h1-8,17,19,22H,9-16H2,(H2,25,29)(H,26,30). The van der Waals surface area contributed by atoms with E-state index in [-0.39, 0.29) is 22.6 Å².